The molecule has 0 saturated carbocycles. The van der Waals surface area contributed by atoms with Crippen LogP contribution in [0.1, 0.15) is 0 Å². The molecule has 0 atom stereocenters. The molecule has 0 amide bonds. The number of thiophene rings is 1. The smallest absolute Gasteiger partial charge is 0.0625 e. The third kappa shape index (κ3) is 5.24. The molecule has 2 aromatic heterocycles. The summed E-state index contributed by atoms with van der Waals surface area (Å²) in [4.78, 5) is 2.32. The zero-order chi connectivity index (χ0) is 36.3. The highest BCUT2D eigenvalue weighted by molar-refractivity contribution is 7.25. The predicted molar refractivity (Wildman–Crippen MR) is 237 cm³/mol. The minimum Gasteiger partial charge on any atom is -0.311 e. The van der Waals surface area contributed by atoms with Gasteiger partial charge in [-0.3, -0.25) is 0 Å². The molecule has 0 fully saturated rings. The minimum absolute atomic E-state index is 1.12. The third-order valence-corrected chi connectivity index (χ3v) is 12.1. The lowest BCUT2D eigenvalue weighted by Crippen LogP contribution is -2.09. The minimum atomic E-state index is 1.12. The quantitative estimate of drug-likeness (QED) is 0.166. The molecule has 0 spiro atoms. The second kappa shape index (κ2) is 12.9. The molecule has 0 bridgehead atoms. The monoisotopic (exact) mass is 718 g/mol. The van der Waals surface area contributed by atoms with Crippen LogP contribution in [0.3, 0.4) is 0 Å². The number of rotatable bonds is 6. The summed E-state index contributed by atoms with van der Waals surface area (Å²) in [6.07, 6.45) is 0. The summed E-state index contributed by atoms with van der Waals surface area (Å²) < 4.78 is 5.15. The van der Waals surface area contributed by atoms with Crippen LogP contribution in [0.15, 0.2) is 206 Å². The van der Waals surface area contributed by atoms with Crippen molar-refractivity contribution >= 4 is 81.1 Å². The molecule has 0 N–H and O–H groups in total. The molecular formula is C52H34N2S. The van der Waals surface area contributed by atoms with Gasteiger partial charge in [-0.15, -0.1) is 11.3 Å². The maximum Gasteiger partial charge on any atom is 0.0625 e. The highest BCUT2D eigenvalue weighted by Gasteiger charge is 2.21. The number of anilines is 3. The van der Waals surface area contributed by atoms with Crippen LogP contribution in [0.25, 0.3) is 80.7 Å². The molecule has 2 nitrogen and oxygen atoms in total. The van der Waals surface area contributed by atoms with Crippen LogP contribution < -0.4 is 4.90 Å². The van der Waals surface area contributed by atoms with Crippen molar-refractivity contribution in [2.75, 3.05) is 4.90 Å². The molecule has 2 heterocycles. The first-order valence-corrected chi connectivity index (χ1v) is 19.6. The molecule has 3 heteroatoms. The Hall–Kier alpha value is -6.94. The Kier molecular flexibility index (Phi) is 7.39. The Bertz CT molecular complexity index is 3140. The van der Waals surface area contributed by atoms with E-state index in [0.717, 1.165) is 17.1 Å². The predicted octanol–water partition coefficient (Wildman–Crippen LogP) is 15.1. The van der Waals surface area contributed by atoms with E-state index in [2.05, 4.69) is 216 Å². The van der Waals surface area contributed by atoms with Crippen LogP contribution in [0.5, 0.6) is 0 Å². The molecule has 0 aliphatic carbocycles. The highest BCUT2D eigenvalue weighted by atomic mass is 32.1. The fourth-order valence-corrected chi connectivity index (χ4v) is 9.52. The van der Waals surface area contributed by atoms with Gasteiger partial charge >= 0.3 is 0 Å². The first-order valence-electron chi connectivity index (χ1n) is 18.8. The standard InChI is InChI=1S/C52H34N2S/c1-4-14-35(15-5-1)37-26-30-45-48(33-37)54(42-29-31-50-47(34-42)44-22-12-13-23-49(44)55-50)52-43-21-11-10-16-38(43)32-46(51(45)52)36-24-27-41(28-25-36)53(39-17-6-2-7-18-39)40-19-8-3-9-20-40/h1-34H. The topological polar surface area (TPSA) is 8.17 Å². The summed E-state index contributed by atoms with van der Waals surface area (Å²) in [5.74, 6) is 0. The Morgan fingerprint density at radius 2 is 0.982 bits per heavy atom. The van der Waals surface area contributed by atoms with Crippen molar-refractivity contribution in [1.29, 1.82) is 0 Å². The van der Waals surface area contributed by atoms with E-state index in [9.17, 15) is 0 Å². The van der Waals surface area contributed by atoms with Crippen molar-refractivity contribution in [3.63, 3.8) is 0 Å². The van der Waals surface area contributed by atoms with Gasteiger partial charge in [-0.1, -0.05) is 133 Å². The summed E-state index contributed by atoms with van der Waals surface area (Å²) in [7, 11) is 0. The van der Waals surface area contributed by atoms with Crippen LogP contribution in [0.4, 0.5) is 17.1 Å². The van der Waals surface area contributed by atoms with E-state index in [4.69, 9.17) is 0 Å². The van der Waals surface area contributed by atoms with Crippen LogP contribution in [-0.4, -0.2) is 4.57 Å². The van der Waals surface area contributed by atoms with E-state index in [1.807, 2.05) is 11.3 Å². The lowest BCUT2D eigenvalue weighted by molar-refractivity contribution is 1.19. The molecule has 0 radical (unpaired) electrons. The number of hydrogen-bond donors (Lipinski definition) is 0. The van der Waals surface area contributed by atoms with Gasteiger partial charge in [0.05, 0.1) is 11.0 Å². The van der Waals surface area contributed by atoms with Gasteiger partial charge in [0.25, 0.3) is 0 Å². The van der Waals surface area contributed by atoms with Crippen LogP contribution in [-0.2, 0) is 0 Å². The highest BCUT2D eigenvalue weighted by Crippen LogP contribution is 2.45. The number of hydrogen-bond acceptors (Lipinski definition) is 2. The molecule has 0 saturated heterocycles. The lowest BCUT2D eigenvalue weighted by atomic mass is 9.94. The largest absolute Gasteiger partial charge is 0.311 e. The van der Waals surface area contributed by atoms with E-state index in [1.54, 1.807) is 0 Å². The molecule has 0 aliphatic rings. The molecular weight excluding hydrogens is 685 g/mol. The van der Waals surface area contributed by atoms with Crippen molar-refractivity contribution in [2.45, 2.75) is 0 Å². The normalized spacial score (nSPS) is 11.6. The summed E-state index contributed by atoms with van der Waals surface area (Å²) in [6.45, 7) is 0. The van der Waals surface area contributed by atoms with E-state index >= 15 is 0 Å². The Balaban J connectivity index is 1.19. The molecule has 0 unspecified atom stereocenters. The summed E-state index contributed by atoms with van der Waals surface area (Å²) >= 11 is 1.86. The van der Waals surface area contributed by atoms with Crippen LogP contribution >= 0.6 is 11.3 Å². The molecule has 11 aromatic rings. The zero-order valence-electron chi connectivity index (χ0n) is 29.9. The van der Waals surface area contributed by atoms with Crippen molar-refractivity contribution in [3.05, 3.63) is 206 Å². The van der Waals surface area contributed by atoms with Crippen molar-refractivity contribution < 1.29 is 0 Å². The zero-order valence-corrected chi connectivity index (χ0v) is 30.7. The van der Waals surface area contributed by atoms with Gasteiger partial charge in [0.1, 0.15) is 0 Å². The molecule has 55 heavy (non-hydrogen) atoms. The maximum absolute atomic E-state index is 2.52. The Morgan fingerprint density at radius 3 is 1.73 bits per heavy atom. The van der Waals surface area contributed by atoms with Crippen molar-refractivity contribution in [1.82, 2.24) is 4.57 Å². The third-order valence-electron chi connectivity index (χ3n) is 10.9. The maximum atomic E-state index is 2.52. The van der Waals surface area contributed by atoms with E-state index in [1.165, 1.54) is 80.7 Å². The summed E-state index contributed by atoms with van der Waals surface area (Å²) in [5.41, 5.74) is 11.8. The van der Waals surface area contributed by atoms with Gasteiger partial charge in [-0.25, -0.2) is 0 Å². The van der Waals surface area contributed by atoms with Gasteiger partial charge in [-0.05, 0) is 100 Å². The Labute approximate surface area is 323 Å². The number of para-hydroxylation sites is 2. The Morgan fingerprint density at radius 1 is 0.382 bits per heavy atom. The van der Waals surface area contributed by atoms with Crippen LogP contribution in [0.2, 0.25) is 0 Å². The molecule has 0 aliphatic heterocycles. The van der Waals surface area contributed by atoms with Crippen molar-refractivity contribution in [2.24, 2.45) is 0 Å². The number of fused-ring (bicyclic) bond motifs is 8. The van der Waals surface area contributed by atoms with Crippen LogP contribution in [0, 0.1) is 0 Å². The van der Waals surface area contributed by atoms with Gasteiger partial charge in [-0.2, -0.15) is 0 Å². The van der Waals surface area contributed by atoms with Gasteiger partial charge in [0.15, 0.2) is 0 Å². The first-order chi connectivity index (χ1) is 27.3. The second-order valence-corrected chi connectivity index (χ2v) is 15.2. The summed E-state index contributed by atoms with van der Waals surface area (Å²) in [5, 5.41) is 7.57. The fraction of sp³-hybridized carbons (Fsp3) is 0. The number of aromatic nitrogens is 1. The van der Waals surface area contributed by atoms with Gasteiger partial charge < -0.3 is 9.47 Å². The lowest BCUT2D eigenvalue weighted by Gasteiger charge is -2.25. The van der Waals surface area contributed by atoms with Crippen molar-refractivity contribution in [3.8, 4) is 27.9 Å². The summed E-state index contributed by atoms with van der Waals surface area (Å²) in [6, 6.07) is 75.1. The molecule has 258 valence electrons. The van der Waals surface area contributed by atoms with Gasteiger partial charge in [0, 0.05) is 59.1 Å². The van der Waals surface area contributed by atoms with E-state index < -0.39 is 0 Å². The SMILES string of the molecule is c1ccc(-c2ccc3c4c(-c5ccc(N(c6ccccc6)c6ccccc6)cc5)cc5ccccc5c4n(-c4ccc5sc6ccccc6c5c4)c3c2)cc1. The molecule has 11 rings (SSSR count). The molecule has 9 aromatic carbocycles. The van der Waals surface area contributed by atoms with E-state index in [-0.39, 0.29) is 0 Å². The number of benzene rings is 9. The average molecular weight is 719 g/mol. The first kappa shape index (κ1) is 31.6. The second-order valence-electron chi connectivity index (χ2n) is 14.1. The average Bonchev–Trinajstić information content (AvgIpc) is 3.80. The van der Waals surface area contributed by atoms with E-state index in [0.29, 0.717) is 0 Å². The van der Waals surface area contributed by atoms with Gasteiger partial charge in [0.2, 0.25) is 0 Å². The fourth-order valence-electron chi connectivity index (χ4n) is 8.43. The number of nitrogens with zero attached hydrogens (tertiary/aromatic N) is 2.